The summed E-state index contributed by atoms with van der Waals surface area (Å²) < 4.78 is 0. The summed E-state index contributed by atoms with van der Waals surface area (Å²) in [6, 6.07) is 15.8. The Hall–Kier alpha value is -0.480. The van der Waals surface area contributed by atoms with Crippen LogP contribution >= 0.6 is 48.0 Å². The maximum absolute atomic E-state index is 5.84. The lowest BCUT2D eigenvalue weighted by Gasteiger charge is -2.07. The number of halogens is 4. The van der Waals surface area contributed by atoms with Crippen LogP contribution in [0.25, 0.3) is 0 Å². The molecule has 0 aliphatic rings. The van der Waals surface area contributed by atoms with Gasteiger partial charge in [-0.2, -0.15) is 0 Å². The van der Waals surface area contributed by atoms with Crippen molar-refractivity contribution in [3.63, 3.8) is 0 Å². The zero-order valence-corrected chi connectivity index (χ0v) is 15.2. The Morgan fingerprint density at radius 3 is 1.23 bits per heavy atom. The Balaban J connectivity index is 0.00000220. The number of benzene rings is 2. The number of nitrogens with one attached hydrogen (secondary N) is 2. The zero-order valence-electron chi connectivity index (χ0n) is 12.0. The van der Waals surface area contributed by atoms with E-state index in [1.54, 1.807) is 0 Å². The standard InChI is InChI=1S/C16H18Cl2N2.2ClH/c17-15-5-1-13(2-6-15)11-19-9-10-20-12-14-3-7-16(18)8-4-14;;/h1-8,19-20H,9-12H2;2*1H. The SMILES string of the molecule is Cl.Cl.Clc1ccc(CNCCNCc2ccc(Cl)cc2)cc1. The molecule has 0 atom stereocenters. The van der Waals surface area contributed by atoms with Crippen LogP contribution in [0.15, 0.2) is 48.5 Å². The third-order valence-corrected chi connectivity index (χ3v) is 3.47. The van der Waals surface area contributed by atoms with Crippen LogP contribution in [-0.4, -0.2) is 13.1 Å². The van der Waals surface area contributed by atoms with Crippen LogP contribution in [0.5, 0.6) is 0 Å². The fourth-order valence-corrected chi connectivity index (χ4v) is 2.10. The first-order chi connectivity index (χ1) is 9.74. The molecule has 2 nitrogen and oxygen atoms in total. The van der Waals surface area contributed by atoms with Crippen molar-refractivity contribution in [2.24, 2.45) is 0 Å². The first kappa shape index (κ1) is 21.5. The number of hydrogen-bond donors (Lipinski definition) is 2. The van der Waals surface area contributed by atoms with Gasteiger partial charge in [0.1, 0.15) is 0 Å². The van der Waals surface area contributed by atoms with E-state index in [4.69, 9.17) is 23.2 Å². The molecule has 0 spiro atoms. The normalized spacial score (nSPS) is 9.73. The lowest BCUT2D eigenvalue weighted by Crippen LogP contribution is -2.26. The van der Waals surface area contributed by atoms with Crippen LogP contribution < -0.4 is 10.6 Å². The van der Waals surface area contributed by atoms with Crippen LogP contribution in [-0.2, 0) is 13.1 Å². The average molecular weight is 382 g/mol. The monoisotopic (exact) mass is 380 g/mol. The highest BCUT2D eigenvalue weighted by Crippen LogP contribution is 2.09. The molecule has 22 heavy (non-hydrogen) atoms. The smallest absolute Gasteiger partial charge is 0.0406 e. The van der Waals surface area contributed by atoms with E-state index < -0.39 is 0 Å². The molecule has 2 N–H and O–H groups in total. The molecule has 0 bridgehead atoms. The summed E-state index contributed by atoms with van der Waals surface area (Å²) in [5.41, 5.74) is 2.49. The maximum Gasteiger partial charge on any atom is 0.0406 e. The van der Waals surface area contributed by atoms with E-state index in [9.17, 15) is 0 Å². The minimum absolute atomic E-state index is 0. The summed E-state index contributed by atoms with van der Waals surface area (Å²) in [7, 11) is 0. The van der Waals surface area contributed by atoms with Crippen LogP contribution in [0.1, 0.15) is 11.1 Å². The van der Waals surface area contributed by atoms with E-state index in [-0.39, 0.29) is 24.8 Å². The van der Waals surface area contributed by atoms with E-state index >= 15 is 0 Å². The van der Waals surface area contributed by atoms with Gasteiger partial charge in [0.25, 0.3) is 0 Å². The molecule has 0 saturated carbocycles. The Morgan fingerprint density at radius 1 is 0.591 bits per heavy atom. The van der Waals surface area contributed by atoms with E-state index in [2.05, 4.69) is 10.6 Å². The van der Waals surface area contributed by atoms with Gasteiger partial charge in [-0.1, -0.05) is 47.5 Å². The predicted octanol–water partition coefficient (Wildman–Crippen LogP) is 4.72. The Labute approximate surface area is 154 Å². The molecule has 122 valence electrons. The van der Waals surface area contributed by atoms with Crippen molar-refractivity contribution in [1.82, 2.24) is 10.6 Å². The summed E-state index contributed by atoms with van der Waals surface area (Å²) in [6.45, 7) is 3.58. The summed E-state index contributed by atoms with van der Waals surface area (Å²) in [5.74, 6) is 0. The molecule has 0 fully saturated rings. The molecule has 0 aliphatic carbocycles. The van der Waals surface area contributed by atoms with Gasteiger partial charge in [0.2, 0.25) is 0 Å². The van der Waals surface area contributed by atoms with Gasteiger partial charge < -0.3 is 10.6 Å². The molecule has 2 aromatic rings. The third kappa shape index (κ3) is 8.23. The summed E-state index contributed by atoms with van der Waals surface area (Å²) in [6.07, 6.45) is 0. The molecular weight excluding hydrogens is 362 g/mol. The summed E-state index contributed by atoms with van der Waals surface area (Å²) in [5, 5.41) is 8.33. The van der Waals surface area contributed by atoms with Crippen molar-refractivity contribution in [1.29, 1.82) is 0 Å². The molecule has 0 amide bonds. The second kappa shape index (κ2) is 12.0. The molecule has 0 aromatic heterocycles. The second-order valence-corrected chi connectivity index (χ2v) is 5.48. The van der Waals surface area contributed by atoms with Gasteiger partial charge in [-0.25, -0.2) is 0 Å². The van der Waals surface area contributed by atoms with Crippen molar-refractivity contribution in [2.45, 2.75) is 13.1 Å². The Kier molecular flexibility index (Phi) is 11.7. The quantitative estimate of drug-likeness (QED) is 0.678. The van der Waals surface area contributed by atoms with Crippen molar-refractivity contribution in [3.05, 3.63) is 69.7 Å². The molecule has 2 rings (SSSR count). The van der Waals surface area contributed by atoms with Gasteiger partial charge in [-0.15, -0.1) is 24.8 Å². The van der Waals surface area contributed by atoms with Gasteiger partial charge in [0.15, 0.2) is 0 Å². The Morgan fingerprint density at radius 2 is 0.909 bits per heavy atom. The zero-order chi connectivity index (χ0) is 14.2. The topological polar surface area (TPSA) is 24.1 Å². The van der Waals surface area contributed by atoms with E-state index in [0.717, 1.165) is 36.2 Å². The molecule has 0 heterocycles. The van der Waals surface area contributed by atoms with Gasteiger partial charge in [0, 0.05) is 36.2 Å². The van der Waals surface area contributed by atoms with Crippen LogP contribution in [0.2, 0.25) is 10.0 Å². The summed E-state index contributed by atoms with van der Waals surface area (Å²) >= 11 is 11.7. The van der Waals surface area contributed by atoms with Crippen LogP contribution in [0.4, 0.5) is 0 Å². The highest BCUT2D eigenvalue weighted by atomic mass is 35.5. The van der Waals surface area contributed by atoms with Gasteiger partial charge in [-0.3, -0.25) is 0 Å². The average Bonchev–Trinajstić information content (AvgIpc) is 2.46. The molecule has 0 aliphatic heterocycles. The number of hydrogen-bond acceptors (Lipinski definition) is 2. The van der Waals surface area contributed by atoms with Crippen molar-refractivity contribution < 1.29 is 0 Å². The molecular formula is C16H20Cl4N2. The highest BCUT2D eigenvalue weighted by Gasteiger charge is 1.94. The van der Waals surface area contributed by atoms with E-state index in [0.29, 0.717) is 0 Å². The maximum atomic E-state index is 5.84. The second-order valence-electron chi connectivity index (χ2n) is 4.61. The lowest BCUT2D eigenvalue weighted by molar-refractivity contribution is 0.611. The lowest BCUT2D eigenvalue weighted by atomic mass is 10.2. The first-order valence-corrected chi connectivity index (χ1v) is 7.40. The first-order valence-electron chi connectivity index (χ1n) is 6.64. The largest absolute Gasteiger partial charge is 0.311 e. The van der Waals surface area contributed by atoms with Crippen LogP contribution in [0.3, 0.4) is 0 Å². The summed E-state index contributed by atoms with van der Waals surface area (Å²) in [4.78, 5) is 0. The number of rotatable bonds is 7. The molecule has 0 unspecified atom stereocenters. The minimum atomic E-state index is 0. The van der Waals surface area contributed by atoms with Crippen molar-refractivity contribution >= 4 is 48.0 Å². The fraction of sp³-hybridized carbons (Fsp3) is 0.250. The predicted molar refractivity (Wildman–Crippen MR) is 101 cm³/mol. The van der Waals surface area contributed by atoms with Crippen molar-refractivity contribution in [3.8, 4) is 0 Å². The fourth-order valence-electron chi connectivity index (χ4n) is 1.85. The van der Waals surface area contributed by atoms with E-state index in [1.807, 2.05) is 48.5 Å². The van der Waals surface area contributed by atoms with Gasteiger partial charge >= 0.3 is 0 Å². The molecule has 0 saturated heterocycles. The molecule has 2 aromatic carbocycles. The van der Waals surface area contributed by atoms with E-state index in [1.165, 1.54) is 11.1 Å². The van der Waals surface area contributed by atoms with Gasteiger partial charge in [0.05, 0.1) is 0 Å². The van der Waals surface area contributed by atoms with Gasteiger partial charge in [-0.05, 0) is 35.4 Å². The minimum Gasteiger partial charge on any atom is -0.311 e. The molecule has 6 heteroatoms. The third-order valence-electron chi connectivity index (χ3n) is 2.96. The Bertz CT molecular complexity index is 465. The van der Waals surface area contributed by atoms with Crippen LogP contribution in [0, 0.1) is 0 Å². The highest BCUT2D eigenvalue weighted by molar-refractivity contribution is 6.30. The molecule has 0 radical (unpaired) electrons. The van der Waals surface area contributed by atoms with Crippen molar-refractivity contribution in [2.75, 3.05) is 13.1 Å².